The summed E-state index contributed by atoms with van der Waals surface area (Å²) in [7, 11) is 4.98. The van der Waals surface area contributed by atoms with Crippen molar-refractivity contribution in [2.24, 2.45) is 14.1 Å². The predicted molar refractivity (Wildman–Crippen MR) is 107 cm³/mol. The molecule has 0 aliphatic heterocycles. The van der Waals surface area contributed by atoms with Crippen molar-refractivity contribution < 1.29 is 9.53 Å². The molecule has 0 spiro atoms. The Labute approximate surface area is 155 Å². The maximum atomic E-state index is 12.9. The number of imidazole rings is 1. The first-order chi connectivity index (χ1) is 13.0. The zero-order valence-corrected chi connectivity index (χ0v) is 15.3. The van der Waals surface area contributed by atoms with Crippen molar-refractivity contribution in [1.29, 1.82) is 0 Å². The van der Waals surface area contributed by atoms with Gasteiger partial charge >= 0.3 is 5.69 Å². The van der Waals surface area contributed by atoms with Crippen LogP contribution in [-0.4, -0.2) is 22.2 Å². The molecule has 6 heteroatoms. The van der Waals surface area contributed by atoms with Gasteiger partial charge in [-0.05, 0) is 41.1 Å². The van der Waals surface area contributed by atoms with Crippen LogP contribution in [0, 0.1) is 0 Å². The van der Waals surface area contributed by atoms with E-state index < -0.39 is 0 Å². The van der Waals surface area contributed by atoms with Crippen LogP contribution in [0.1, 0.15) is 10.4 Å². The maximum Gasteiger partial charge on any atom is 0.328 e. The molecule has 0 aliphatic rings. The molecular weight excluding hydrogens is 342 g/mol. The van der Waals surface area contributed by atoms with Gasteiger partial charge in [-0.2, -0.15) is 0 Å². The van der Waals surface area contributed by atoms with Crippen molar-refractivity contribution in [3.8, 4) is 5.75 Å². The van der Waals surface area contributed by atoms with E-state index in [9.17, 15) is 9.59 Å². The van der Waals surface area contributed by atoms with E-state index in [1.54, 1.807) is 42.5 Å². The molecule has 6 nitrogen and oxygen atoms in total. The number of fused-ring (bicyclic) bond motifs is 2. The lowest BCUT2D eigenvalue weighted by Gasteiger charge is -2.11. The first-order valence-corrected chi connectivity index (χ1v) is 8.53. The van der Waals surface area contributed by atoms with E-state index in [0.29, 0.717) is 17.0 Å². The number of nitrogens with one attached hydrogen (secondary N) is 1. The fraction of sp³-hybridized carbons (Fsp3) is 0.143. The van der Waals surface area contributed by atoms with E-state index in [-0.39, 0.29) is 11.6 Å². The fourth-order valence-electron chi connectivity index (χ4n) is 3.35. The van der Waals surface area contributed by atoms with Gasteiger partial charge in [0.25, 0.3) is 5.91 Å². The Morgan fingerprint density at radius 1 is 0.926 bits per heavy atom. The Bertz CT molecular complexity index is 1250. The summed E-state index contributed by atoms with van der Waals surface area (Å²) in [6.07, 6.45) is 0. The molecule has 0 saturated carbocycles. The third kappa shape index (κ3) is 2.75. The lowest BCUT2D eigenvalue weighted by Crippen LogP contribution is -2.19. The van der Waals surface area contributed by atoms with E-state index in [1.165, 1.54) is 0 Å². The highest BCUT2D eigenvalue weighted by Gasteiger charge is 2.15. The first-order valence-electron chi connectivity index (χ1n) is 8.53. The maximum absolute atomic E-state index is 12.9. The van der Waals surface area contributed by atoms with Gasteiger partial charge in [0.15, 0.2) is 0 Å². The van der Waals surface area contributed by atoms with Gasteiger partial charge in [0.05, 0.1) is 23.7 Å². The number of amides is 1. The molecule has 0 saturated heterocycles. The van der Waals surface area contributed by atoms with Gasteiger partial charge in [-0.15, -0.1) is 0 Å². The van der Waals surface area contributed by atoms with Crippen LogP contribution in [0.3, 0.4) is 0 Å². The smallest absolute Gasteiger partial charge is 0.328 e. The number of anilines is 1. The third-order valence-corrected chi connectivity index (χ3v) is 4.84. The molecule has 4 rings (SSSR count). The Hall–Kier alpha value is -3.54. The number of rotatable bonds is 3. The molecule has 1 heterocycles. The topological polar surface area (TPSA) is 65.3 Å². The van der Waals surface area contributed by atoms with E-state index in [2.05, 4.69) is 5.32 Å². The van der Waals surface area contributed by atoms with Crippen LogP contribution >= 0.6 is 0 Å². The number of carbonyl (C=O) groups is 1. The molecule has 0 aliphatic carbocycles. The van der Waals surface area contributed by atoms with Crippen LogP contribution in [0.4, 0.5) is 5.69 Å². The molecule has 4 aromatic rings. The van der Waals surface area contributed by atoms with Gasteiger partial charge in [-0.3, -0.25) is 13.9 Å². The summed E-state index contributed by atoms with van der Waals surface area (Å²) in [6, 6.07) is 16.9. The van der Waals surface area contributed by atoms with E-state index in [4.69, 9.17) is 4.74 Å². The minimum Gasteiger partial charge on any atom is -0.496 e. The molecule has 27 heavy (non-hydrogen) atoms. The predicted octanol–water partition coefficient (Wildman–Crippen LogP) is 3.29. The van der Waals surface area contributed by atoms with Crippen LogP contribution in [0.25, 0.3) is 21.8 Å². The average Bonchev–Trinajstić information content (AvgIpc) is 2.90. The Balaban J connectivity index is 1.74. The highest BCUT2D eigenvalue weighted by Crippen LogP contribution is 2.27. The average molecular weight is 361 g/mol. The number of methoxy groups -OCH3 is 1. The minimum absolute atomic E-state index is 0.107. The second-order valence-electron chi connectivity index (χ2n) is 6.46. The summed E-state index contributed by atoms with van der Waals surface area (Å²) in [5.41, 5.74) is 2.53. The second kappa shape index (κ2) is 6.32. The van der Waals surface area contributed by atoms with Crippen molar-refractivity contribution in [3.63, 3.8) is 0 Å². The number of aromatic nitrogens is 2. The number of hydrogen-bond acceptors (Lipinski definition) is 3. The molecule has 0 fully saturated rings. The Morgan fingerprint density at radius 3 is 2.30 bits per heavy atom. The highest BCUT2D eigenvalue weighted by molar-refractivity contribution is 6.09. The van der Waals surface area contributed by atoms with Crippen LogP contribution in [0.2, 0.25) is 0 Å². The summed E-state index contributed by atoms with van der Waals surface area (Å²) in [5.74, 6) is 0.247. The van der Waals surface area contributed by atoms with Crippen molar-refractivity contribution >= 4 is 33.4 Å². The minimum atomic E-state index is -0.266. The zero-order chi connectivity index (χ0) is 19.1. The van der Waals surface area contributed by atoms with E-state index in [0.717, 1.165) is 21.8 Å². The quantitative estimate of drug-likeness (QED) is 0.609. The number of aryl methyl sites for hydroxylation is 2. The number of ether oxygens (including phenoxy) is 1. The monoisotopic (exact) mass is 361 g/mol. The highest BCUT2D eigenvalue weighted by atomic mass is 16.5. The lowest BCUT2D eigenvalue weighted by molar-refractivity contribution is 0.102. The zero-order valence-electron chi connectivity index (χ0n) is 15.3. The van der Waals surface area contributed by atoms with Gasteiger partial charge in [-0.25, -0.2) is 4.79 Å². The van der Waals surface area contributed by atoms with E-state index >= 15 is 0 Å². The molecule has 0 radical (unpaired) electrons. The number of carbonyl (C=O) groups excluding carboxylic acids is 1. The molecule has 0 unspecified atom stereocenters. The Morgan fingerprint density at radius 2 is 1.59 bits per heavy atom. The van der Waals surface area contributed by atoms with Gasteiger partial charge in [0.1, 0.15) is 5.75 Å². The van der Waals surface area contributed by atoms with E-state index in [1.807, 2.05) is 42.5 Å². The van der Waals surface area contributed by atoms with Crippen molar-refractivity contribution in [2.45, 2.75) is 0 Å². The number of benzene rings is 3. The molecule has 1 aromatic heterocycles. The largest absolute Gasteiger partial charge is 0.496 e. The van der Waals surface area contributed by atoms with Crippen molar-refractivity contribution in [1.82, 2.24) is 9.13 Å². The standard InChI is InChI=1S/C21H19N3O3/c1-23-17-9-8-15(12-18(17)24(2)21(23)26)22-20(25)16-10-13-6-4-5-7-14(13)11-19(16)27-3/h4-12H,1-3H3,(H,22,25). The van der Waals surface area contributed by atoms with Crippen molar-refractivity contribution in [2.75, 3.05) is 12.4 Å². The number of nitrogens with zero attached hydrogens (tertiary/aromatic N) is 2. The molecule has 1 N–H and O–H groups in total. The van der Waals surface area contributed by atoms with Gasteiger partial charge in [0, 0.05) is 19.8 Å². The third-order valence-electron chi connectivity index (χ3n) is 4.84. The van der Waals surface area contributed by atoms with Gasteiger partial charge < -0.3 is 10.1 Å². The molecule has 1 amide bonds. The van der Waals surface area contributed by atoms with Crippen LogP contribution in [0.5, 0.6) is 5.75 Å². The molecule has 0 atom stereocenters. The summed E-state index contributed by atoms with van der Waals surface area (Å²) >= 11 is 0. The first kappa shape index (κ1) is 16.9. The fourth-order valence-corrected chi connectivity index (χ4v) is 3.35. The number of hydrogen-bond donors (Lipinski definition) is 1. The summed E-state index contributed by atoms with van der Waals surface area (Å²) < 4.78 is 8.54. The summed E-state index contributed by atoms with van der Waals surface area (Å²) in [5, 5.41) is 4.87. The Kier molecular flexibility index (Phi) is 3.96. The van der Waals surface area contributed by atoms with Crippen molar-refractivity contribution in [3.05, 3.63) is 70.6 Å². The molecule has 0 bridgehead atoms. The molecular formula is C21H19N3O3. The second-order valence-corrected chi connectivity index (χ2v) is 6.46. The normalized spacial score (nSPS) is 11.1. The lowest BCUT2D eigenvalue weighted by atomic mass is 10.1. The van der Waals surface area contributed by atoms with Crippen LogP contribution in [0.15, 0.2) is 59.4 Å². The summed E-state index contributed by atoms with van der Waals surface area (Å²) in [6.45, 7) is 0. The van der Waals surface area contributed by atoms with Crippen LogP contribution < -0.4 is 15.7 Å². The molecule has 136 valence electrons. The SMILES string of the molecule is COc1cc2ccccc2cc1C(=O)Nc1ccc2c(c1)n(C)c(=O)n2C. The van der Waals surface area contributed by atoms with Gasteiger partial charge in [0.2, 0.25) is 0 Å². The molecule has 3 aromatic carbocycles. The van der Waals surface area contributed by atoms with Crippen LogP contribution in [-0.2, 0) is 14.1 Å². The summed E-state index contributed by atoms with van der Waals surface area (Å²) in [4.78, 5) is 24.9. The van der Waals surface area contributed by atoms with Gasteiger partial charge in [-0.1, -0.05) is 24.3 Å².